The van der Waals surface area contributed by atoms with E-state index in [1.807, 2.05) is 0 Å². The summed E-state index contributed by atoms with van der Waals surface area (Å²) in [7, 11) is 0. The molecule has 0 bridgehead atoms. The first-order chi connectivity index (χ1) is 7.74. The van der Waals surface area contributed by atoms with Gasteiger partial charge >= 0.3 is 5.97 Å². The van der Waals surface area contributed by atoms with Crippen LogP contribution in [0.3, 0.4) is 0 Å². The van der Waals surface area contributed by atoms with E-state index in [1.165, 1.54) is 12.8 Å². The number of unbranched alkanes of at least 4 members (excludes halogenated alkanes) is 1. The fraction of sp³-hybridized carbons (Fsp3) is 0.917. The third kappa shape index (κ3) is 2.53. The van der Waals surface area contributed by atoms with Gasteiger partial charge in [-0.25, -0.2) is 0 Å². The van der Waals surface area contributed by atoms with Crippen molar-refractivity contribution in [2.75, 3.05) is 13.2 Å². The molecule has 0 N–H and O–H groups in total. The van der Waals surface area contributed by atoms with E-state index in [2.05, 4.69) is 34.4 Å². The lowest BCUT2D eigenvalue weighted by molar-refractivity contribution is -0.149. The molecule has 3 nitrogen and oxygen atoms in total. The van der Waals surface area contributed by atoms with Gasteiger partial charge in [-0.2, -0.15) is 0 Å². The Labute approximate surface area is 111 Å². The van der Waals surface area contributed by atoms with Crippen LogP contribution in [0.1, 0.15) is 39.0 Å². The minimum Gasteiger partial charge on any atom is -0.465 e. The molecule has 0 saturated carbocycles. The zero-order valence-corrected chi connectivity index (χ0v) is 12.0. The van der Waals surface area contributed by atoms with Gasteiger partial charge in [-0.3, -0.25) is 9.69 Å². The van der Waals surface area contributed by atoms with Crippen LogP contribution in [-0.4, -0.2) is 34.1 Å². The number of esters is 1. The summed E-state index contributed by atoms with van der Waals surface area (Å²) < 4.78 is 5.89. The van der Waals surface area contributed by atoms with Crippen LogP contribution in [0.2, 0.25) is 0 Å². The van der Waals surface area contributed by atoms with Crippen molar-refractivity contribution in [3.05, 3.63) is 0 Å². The number of hydrogen-bond acceptors (Lipinski definition) is 3. The van der Waals surface area contributed by atoms with Crippen molar-refractivity contribution in [2.45, 2.75) is 49.1 Å². The van der Waals surface area contributed by atoms with Crippen molar-refractivity contribution in [2.24, 2.45) is 5.92 Å². The number of carbonyl (C=O) groups is 1. The van der Waals surface area contributed by atoms with Gasteiger partial charge in [0.25, 0.3) is 0 Å². The summed E-state index contributed by atoms with van der Waals surface area (Å²) in [5, 5.41) is 0. The number of alkyl halides is 1. The quantitative estimate of drug-likeness (QED) is 0.260. The zero-order chi connectivity index (χ0) is 11.5. The highest BCUT2D eigenvalue weighted by Gasteiger charge is 2.46. The maximum absolute atomic E-state index is 12.0. The fourth-order valence-corrected chi connectivity index (χ4v) is 4.01. The van der Waals surface area contributed by atoms with Crippen molar-refractivity contribution in [1.29, 1.82) is 0 Å². The van der Waals surface area contributed by atoms with Crippen molar-refractivity contribution >= 4 is 28.6 Å². The number of nitrogens with zero attached hydrogens (tertiary/aromatic N) is 1. The molecule has 2 aliphatic rings. The van der Waals surface area contributed by atoms with Crippen molar-refractivity contribution in [3.63, 3.8) is 0 Å². The van der Waals surface area contributed by atoms with Gasteiger partial charge in [0, 0.05) is 6.04 Å². The largest absolute Gasteiger partial charge is 0.465 e. The lowest BCUT2D eigenvalue weighted by Crippen LogP contribution is -2.32. The Morgan fingerprint density at radius 3 is 3.12 bits per heavy atom. The van der Waals surface area contributed by atoms with Crippen LogP contribution in [-0.2, 0) is 9.53 Å². The Morgan fingerprint density at radius 1 is 1.56 bits per heavy atom. The molecule has 0 aromatic heterocycles. The number of fused-ring (bicyclic) bond motifs is 1. The van der Waals surface area contributed by atoms with Gasteiger partial charge in [-0.05, 0) is 32.2 Å². The normalized spacial score (nSPS) is 34.0. The highest BCUT2D eigenvalue weighted by Crippen LogP contribution is 2.40. The smallest absolute Gasteiger partial charge is 0.310 e. The monoisotopic (exact) mass is 337 g/mol. The zero-order valence-electron chi connectivity index (χ0n) is 9.82. The molecule has 2 fully saturated rings. The Kier molecular flexibility index (Phi) is 4.47. The Balaban J connectivity index is 1.87. The summed E-state index contributed by atoms with van der Waals surface area (Å²) in [5.74, 6) is 0.186. The second-order valence-electron chi connectivity index (χ2n) is 4.75. The van der Waals surface area contributed by atoms with E-state index in [-0.39, 0.29) is 11.9 Å². The SMILES string of the molecule is CCCCOC(=O)C1CC(I)N2CCCC12. The van der Waals surface area contributed by atoms with E-state index in [0.717, 1.165) is 25.8 Å². The summed E-state index contributed by atoms with van der Waals surface area (Å²) in [4.78, 5) is 14.4. The highest BCUT2D eigenvalue weighted by atomic mass is 127. The molecule has 2 aliphatic heterocycles. The standard InChI is InChI=1S/C12H20INO2/c1-2-3-7-16-12(15)9-8-11(13)14-6-4-5-10(9)14/h9-11H,2-8H2,1H3. The van der Waals surface area contributed by atoms with Gasteiger partial charge in [-0.15, -0.1) is 0 Å². The number of rotatable bonds is 4. The van der Waals surface area contributed by atoms with Gasteiger partial charge in [0.05, 0.1) is 16.6 Å². The second kappa shape index (κ2) is 5.67. The van der Waals surface area contributed by atoms with Crippen LogP contribution in [0, 0.1) is 5.92 Å². The van der Waals surface area contributed by atoms with Crippen molar-refractivity contribution in [3.8, 4) is 0 Å². The van der Waals surface area contributed by atoms with Gasteiger partial charge in [0.1, 0.15) is 0 Å². The second-order valence-corrected chi connectivity index (χ2v) is 6.18. The van der Waals surface area contributed by atoms with Crippen LogP contribution >= 0.6 is 22.6 Å². The molecule has 2 saturated heterocycles. The number of hydrogen-bond donors (Lipinski definition) is 0. The molecule has 0 radical (unpaired) electrons. The lowest BCUT2D eigenvalue weighted by atomic mass is 9.99. The summed E-state index contributed by atoms with van der Waals surface area (Å²) in [5.41, 5.74) is 0. The van der Waals surface area contributed by atoms with Crippen molar-refractivity contribution < 1.29 is 9.53 Å². The molecule has 0 aromatic carbocycles. The Hall–Kier alpha value is 0.160. The minimum absolute atomic E-state index is 0.0458. The van der Waals surface area contributed by atoms with E-state index in [0.29, 0.717) is 16.7 Å². The van der Waals surface area contributed by atoms with Crippen LogP contribution in [0.4, 0.5) is 0 Å². The predicted molar refractivity (Wildman–Crippen MR) is 71.5 cm³/mol. The number of carbonyl (C=O) groups excluding carboxylic acids is 1. The van der Waals surface area contributed by atoms with Gasteiger partial charge < -0.3 is 4.74 Å². The maximum atomic E-state index is 12.0. The summed E-state index contributed by atoms with van der Waals surface area (Å²) in [6.45, 7) is 3.88. The molecule has 2 rings (SSSR count). The number of halogens is 1. The molecule has 92 valence electrons. The minimum atomic E-state index is 0.0458. The molecule has 3 atom stereocenters. The van der Waals surface area contributed by atoms with Gasteiger partial charge in [-0.1, -0.05) is 35.9 Å². The first-order valence-electron chi connectivity index (χ1n) is 6.30. The lowest BCUT2D eigenvalue weighted by Gasteiger charge is -2.20. The molecule has 4 heteroatoms. The van der Waals surface area contributed by atoms with E-state index >= 15 is 0 Å². The molecule has 0 aromatic rings. The van der Waals surface area contributed by atoms with E-state index in [1.54, 1.807) is 0 Å². The summed E-state index contributed by atoms with van der Waals surface area (Å²) in [6, 6.07) is 0.469. The summed E-state index contributed by atoms with van der Waals surface area (Å²) in [6.07, 6.45) is 5.47. The van der Waals surface area contributed by atoms with E-state index in [9.17, 15) is 4.79 Å². The third-order valence-electron chi connectivity index (χ3n) is 3.66. The topological polar surface area (TPSA) is 29.5 Å². The van der Waals surface area contributed by atoms with E-state index < -0.39 is 0 Å². The first-order valence-corrected chi connectivity index (χ1v) is 7.55. The maximum Gasteiger partial charge on any atom is 0.310 e. The average molecular weight is 337 g/mol. The average Bonchev–Trinajstić information content (AvgIpc) is 2.83. The predicted octanol–water partition coefficient (Wildman–Crippen LogP) is 2.58. The molecule has 2 heterocycles. The third-order valence-corrected chi connectivity index (χ3v) is 4.88. The van der Waals surface area contributed by atoms with Crippen LogP contribution in [0.15, 0.2) is 0 Å². The van der Waals surface area contributed by atoms with Gasteiger partial charge in [0.15, 0.2) is 0 Å². The van der Waals surface area contributed by atoms with Crippen LogP contribution in [0.25, 0.3) is 0 Å². The van der Waals surface area contributed by atoms with Gasteiger partial charge in [0.2, 0.25) is 0 Å². The molecular formula is C12H20INO2. The van der Waals surface area contributed by atoms with Crippen LogP contribution in [0.5, 0.6) is 0 Å². The molecule has 0 amide bonds. The molecular weight excluding hydrogens is 317 g/mol. The molecule has 0 spiro atoms. The molecule has 16 heavy (non-hydrogen) atoms. The Morgan fingerprint density at radius 2 is 2.38 bits per heavy atom. The van der Waals surface area contributed by atoms with Crippen molar-refractivity contribution in [1.82, 2.24) is 4.90 Å². The molecule has 3 unspecified atom stereocenters. The summed E-state index contributed by atoms with van der Waals surface area (Å²) >= 11 is 2.46. The number of ether oxygens (including phenoxy) is 1. The Bertz CT molecular complexity index is 259. The first kappa shape index (κ1) is 12.6. The highest BCUT2D eigenvalue weighted by molar-refractivity contribution is 14.1. The molecule has 0 aliphatic carbocycles. The fourth-order valence-electron chi connectivity index (χ4n) is 2.77. The van der Waals surface area contributed by atoms with Crippen LogP contribution < -0.4 is 0 Å². The van der Waals surface area contributed by atoms with E-state index in [4.69, 9.17) is 4.74 Å².